The van der Waals surface area contributed by atoms with Crippen molar-refractivity contribution in [2.24, 2.45) is 5.92 Å². The number of halogens is 3. The van der Waals surface area contributed by atoms with Gasteiger partial charge < -0.3 is 10.2 Å². The van der Waals surface area contributed by atoms with Gasteiger partial charge in [0.2, 0.25) is 0 Å². The molecule has 0 bridgehead atoms. The van der Waals surface area contributed by atoms with Gasteiger partial charge in [0.05, 0.1) is 12.5 Å². The van der Waals surface area contributed by atoms with Crippen LogP contribution in [0, 0.1) is 5.92 Å². The Bertz CT molecular complexity index is 461. The van der Waals surface area contributed by atoms with E-state index in [4.69, 9.17) is 0 Å². The molecule has 0 aromatic carbocycles. The van der Waals surface area contributed by atoms with Gasteiger partial charge in [-0.25, -0.2) is 4.79 Å². The number of carbonyl (C=O) groups excluding carboxylic acids is 1. The number of carbonyl (C=O) groups is 1. The van der Waals surface area contributed by atoms with Gasteiger partial charge in [-0.15, -0.1) is 11.3 Å². The summed E-state index contributed by atoms with van der Waals surface area (Å²) in [5, 5.41) is 4.65. The summed E-state index contributed by atoms with van der Waals surface area (Å²) in [6.07, 6.45) is -2.88. The third kappa shape index (κ3) is 4.62. The lowest BCUT2D eigenvalue weighted by Crippen LogP contribution is -2.46. The summed E-state index contributed by atoms with van der Waals surface area (Å²) >= 11 is 1.55. The quantitative estimate of drug-likeness (QED) is 0.896. The SMILES string of the molecule is CN(Cc1cccs1)C(=O)N[C@@H]1CCC[C@H](C(F)(F)F)C1. The molecule has 0 aliphatic heterocycles. The van der Waals surface area contributed by atoms with E-state index >= 15 is 0 Å². The molecule has 7 heteroatoms. The molecule has 2 rings (SSSR count). The number of alkyl halides is 3. The van der Waals surface area contributed by atoms with E-state index in [1.807, 2.05) is 17.5 Å². The Balaban J connectivity index is 1.84. The standard InChI is InChI=1S/C14H19F3N2OS/c1-19(9-12-6-3-7-21-12)13(20)18-11-5-2-4-10(8-11)14(15,16)17/h3,6-7,10-11H,2,4-5,8-9H2,1H3,(H,18,20)/t10-,11+/m0/s1. The van der Waals surface area contributed by atoms with Crippen molar-refractivity contribution < 1.29 is 18.0 Å². The van der Waals surface area contributed by atoms with Gasteiger partial charge in [-0.1, -0.05) is 12.5 Å². The molecule has 2 atom stereocenters. The van der Waals surface area contributed by atoms with Crippen molar-refractivity contribution >= 4 is 17.4 Å². The van der Waals surface area contributed by atoms with Crippen LogP contribution in [0.15, 0.2) is 17.5 Å². The zero-order chi connectivity index (χ0) is 15.5. The minimum absolute atomic E-state index is 0.0118. The highest BCUT2D eigenvalue weighted by molar-refractivity contribution is 7.09. The normalized spacial score (nSPS) is 22.9. The van der Waals surface area contributed by atoms with Crippen LogP contribution in [0.4, 0.5) is 18.0 Å². The number of hydrogen-bond donors (Lipinski definition) is 1. The van der Waals surface area contributed by atoms with Crippen LogP contribution < -0.4 is 5.32 Å². The molecule has 1 heterocycles. The van der Waals surface area contributed by atoms with Gasteiger partial charge in [0.15, 0.2) is 0 Å². The van der Waals surface area contributed by atoms with Crippen molar-refractivity contribution in [2.75, 3.05) is 7.05 Å². The van der Waals surface area contributed by atoms with Crippen LogP contribution in [0.2, 0.25) is 0 Å². The summed E-state index contributed by atoms with van der Waals surface area (Å²) in [4.78, 5) is 14.6. The van der Waals surface area contributed by atoms with E-state index in [0.717, 1.165) is 4.88 Å². The lowest BCUT2D eigenvalue weighted by Gasteiger charge is -2.32. The van der Waals surface area contributed by atoms with Crippen LogP contribution in [0.3, 0.4) is 0 Å². The molecule has 0 spiro atoms. The molecule has 1 aromatic rings. The first-order valence-corrected chi connectivity index (χ1v) is 7.85. The summed E-state index contributed by atoms with van der Waals surface area (Å²) < 4.78 is 38.2. The first-order valence-electron chi connectivity index (χ1n) is 6.97. The minimum atomic E-state index is -4.16. The summed E-state index contributed by atoms with van der Waals surface area (Å²) in [5.41, 5.74) is 0. The Kier molecular flexibility index (Phi) is 5.13. The van der Waals surface area contributed by atoms with Gasteiger partial charge in [-0.3, -0.25) is 0 Å². The Morgan fingerprint density at radius 2 is 2.24 bits per heavy atom. The molecule has 1 aliphatic carbocycles. The number of urea groups is 1. The molecule has 0 unspecified atom stereocenters. The number of amides is 2. The van der Waals surface area contributed by atoms with Crippen molar-refractivity contribution in [1.29, 1.82) is 0 Å². The van der Waals surface area contributed by atoms with E-state index in [2.05, 4.69) is 5.32 Å². The fraction of sp³-hybridized carbons (Fsp3) is 0.643. The zero-order valence-electron chi connectivity index (χ0n) is 11.8. The van der Waals surface area contributed by atoms with E-state index in [-0.39, 0.29) is 24.9 Å². The zero-order valence-corrected chi connectivity index (χ0v) is 12.6. The lowest BCUT2D eigenvalue weighted by molar-refractivity contribution is -0.183. The van der Waals surface area contributed by atoms with Crippen LogP contribution in [0.25, 0.3) is 0 Å². The molecule has 21 heavy (non-hydrogen) atoms. The Morgan fingerprint density at radius 3 is 2.86 bits per heavy atom. The maximum atomic E-state index is 12.7. The van der Waals surface area contributed by atoms with Gasteiger partial charge in [0.1, 0.15) is 0 Å². The van der Waals surface area contributed by atoms with E-state index in [1.54, 1.807) is 18.4 Å². The van der Waals surface area contributed by atoms with Crippen molar-refractivity contribution in [2.45, 2.75) is 44.4 Å². The molecular formula is C14H19F3N2OS. The number of nitrogens with zero attached hydrogens (tertiary/aromatic N) is 1. The molecule has 1 aliphatic rings. The molecule has 0 saturated heterocycles. The average Bonchev–Trinajstić information content (AvgIpc) is 2.91. The lowest BCUT2D eigenvalue weighted by atomic mass is 9.85. The van der Waals surface area contributed by atoms with Crippen LogP contribution in [-0.2, 0) is 6.54 Å². The van der Waals surface area contributed by atoms with Gasteiger partial charge in [-0.05, 0) is 30.7 Å². The summed E-state index contributed by atoms with van der Waals surface area (Å²) in [6.45, 7) is 0.471. The Morgan fingerprint density at radius 1 is 1.48 bits per heavy atom. The van der Waals surface area contributed by atoms with Crippen molar-refractivity contribution in [3.05, 3.63) is 22.4 Å². The number of thiophene rings is 1. The van der Waals surface area contributed by atoms with E-state index in [1.165, 1.54) is 4.90 Å². The first-order chi connectivity index (χ1) is 9.86. The molecule has 1 saturated carbocycles. The Hall–Kier alpha value is -1.24. The molecular weight excluding hydrogens is 301 g/mol. The van der Waals surface area contributed by atoms with Crippen LogP contribution in [-0.4, -0.2) is 30.2 Å². The third-order valence-electron chi connectivity index (χ3n) is 3.78. The molecule has 1 N–H and O–H groups in total. The predicted molar refractivity (Wildman–Crippen MR) is 76.1 cm³/mol. The predicted octanol–water partition coefficient (Wildman–Crippen LogP) is 4.01. The van der Waals surface area contributed by atoms with E-state index in [9.17, 15) is 18.0 Å². The maximum absolute atomic E-state index is 12.7. The maximum Gasteiger partial charge on any atom is 0.391 e. The fourth-order valence-electron chi connectivity index (χ4n) is 2.61. The molecule has 3 nitrogen and oxygen atoms in total. The molecule has 1 aromatic heterocycles. The van der Waals surface area contributed by atoms with Gasteiger partial charge >= 0.3 is 12.2 Å². The largest absolute Gasteiger partial charge is 0.391 e. The highest BCUT2D eigenvalue weighted by atomic mass is 32.1. The molecule has 1 fully saturated rings. The smallest absolute Gasteiger partial charge is 0.335 e. The average molecular weight is 320 g/mol. The van der Waals surface area contributed by atoms with Crippen LogP contribution in [0.1, 0.15) is 30.6 Å². The van der Waals surface area contributed by atoms with Crippen molar-refractivity contribution in [1.82, 2.24) is 10.2 Å². The number of hydrogen-bond acceptors (Lipinski definition) is 2. The first kappa shape index (κ1) is 16.1. The highest BCUT2D eigenvalue weighted by Gasteiger charge is 2.42. The number of rotatable bonds is 3. The van der Waals surface area contributed by atoms with E-state index < -0.39 is 12.1 Å². The summed E-state index contributed by atoms with van der Waals surface area (Å²) in [5.74, 6) is -1.29. The molecule has 0 radical (unpaired) electrons. The van der Waals surface area contributed by atoms with Crippen LogP contribution >= 0.6 is 11.3 Å². The second-order valence-electron chi connectivity index (χ2n) is 5.49. The monoisotopic (exact) mass is 320 g/mol. The summed E-state index contributed by atoms with van der Waals surface area (Å²) in [7, 11) is 1.65. The molecule has 118 valence electrons. The fourth-order valence-corrected chi connectivity index (χ4v) is 3.37. The highest BCUT2D eigenvalue weighted by Crippen LogP contribution is 2.37. The second kappa shape index (κ2) is 6.68. The minimum Gasteiger partial charge on any atom is -0.335 e. The third-order valence-corrected chi connectivity index (χ3v) is 4.65. The van der Waals surface area contributed by atoms with Gasteiger partial charge in [0, 0.05) is 18.0 Å². The van der Waals surface area contributed by atoms with Gasteiger partial charge in [-0.2, -0.15) is 13.2 Å². The van der Waals surface area contributed by atoms with Crippen molar-refractivity contribution in [3.8, 4) is 0 Å². The topological polar surface area (TPSA) is 32.3 Å². The Labute approximate surface area is 126 Å². The summed E-state index contributed by atoms with van der Waals surface area (Å²) in [6, 6.07) is 3.13. The van der Waals surface area contributed by atoms with Crippen LogP contribution in [0.5, 0.6) is 0 Å². The second-order valence-corrected chi connectivity index (χ2v) is 6.52. The molecule has 2 amide bonds. The van der Waals surface area contributed by atoms with Crippen molar-refractivity contribution in [3.63, 3.8) is 0 Å². The number of nitrogens with one attached hydrogen (secondary N) is 1. The van der Waals surface area contributed by atoms with Gasteiger partial charge in [0.25, 0.3) is 0 Å². The van der Waals surface area contributed by atoms with E-state index in [0.29, 0.717) is 19.4 Å².